The van der Waals surface area contributed by atoms with Gasteiger partial charge in [-0.15, -0.1) is 11.8 Å². The summed E-state index contributed by atoms with van der Waals surface area (Å²) in [5.41, 5.74) is 8.24. The van der Waals surface area contributed by atoms with Crippen LogP contribution in [0.25, 0.3) is 5.57 Å². The summed E-state index contributed by atoms with van der Waals surface area (Å²) in [5, 5.41) is 3.47. The zero-order valence-corrected chi connectivity index (χ0v) is 13.7. The standard InChI is InChI=1S/C19H20N2S/c1-13-4-5-16-17(11-13)22-12-15-3-2-8-21-19(15)18(16)14-6-9-20-10-7-14/h2-5,8,11,20H,6-7,9-10,12H2,1H3. The van der Waals surface area contributed by atoms with Crippen molar-refractivity contribution in [1.82, 2.24) is 10.3 Å². The van der Waals surface area contributed by atoms with E-state index in [1.165, 1.54) is 32.9 Å². The number of hydrogen-bond donors (Lipinski definition) is 1. The van der Waals surface area contributed by atoms with Crippen molar-refractivity contribution in [3.05, 3.63) is 64.5 Å². The predicted molar refractivity (Wildman–Crippen MR) is 93.1 cm³/mol. The molecule has 2 nitrogen and oxygen atoms in total. The highest BCUT2D eigenvalue weighted by Gasteiger charge is 2.23. The van der Waals surface area contributed by atoms with E-state index >= 15 is 0 Å². The first-order valence-corrected chi connectivity index (χ1v) is 8.92. The maximum atomic E-state index is 4.77. The summed E-state index contributed by atoms with van der Waals surface area (Å²) in [4.78, 5) is 6.17. The van der Waals surface area contributed by atoms with E-state index in [9.17, 15) is 0 Å². The molecule has 0 atom stereocenters. The minimum absolute atomic E-state index is 1.01. The van der Waals surface area contributed by atoms with E-state index in [0.717, 1.165) is 31.7 Å². The molecule has 0 aliphatic carbocycles. The number of pyridine rings is 1. The summed E-state index contributed by atoms with van der Waals surface area (Å²) in [6.45, 7) is 4.33. The van der Waals surface area contributed by atoms with E-state index in [1.54, 1.807) is 5.57 Å². The molecule has 0 saturated carbocycles. The first-order valence-electron chi connectivity index (χ1n) is 7.94. The SMILES string of the molecule is Cc1ccc2c(c1)SCc1cccnc1C2=C1CCNCC1. The van der Waals surface area contributed by atoms with Gasteiger partial charge in [0.2, 0.25) is 0 Å². The number of fused-ring (bicyclic) bond motifs is 2. The molecule has 0 spiro atoms. The van der Waals surface area contributed by atoms with Gasteiger partial charge in [0.05, 0.1) is 5.69 Å². The molecule has 0 bridgehead atoms. The number of nitrogens with one attached hydrogen (secondary N) is 1. The van der Waals surface area contributed by atoms with E-state index in [4.69, 9.17) is 4.98 Å². The highest BCUT2D eigenvalue weighted by molar-refractivity contribution is 7.98. The minimum atomic E-state index is 1.01. The molecule has 3 heterocycles. The van der Waals surface area contributed by atoms with Gasteiger partial charge in [0.25, 0.3) is 0 Å². The van der Waals surface area contributed by atoms with Gasteiger partial charge < -0.3 is 5.32 Å². The number of benzene rings is 1. The molecule has 22 heavy (non-hydrogen) atoms. The Morgan fingerprint density at radius 1 is 1.14 bits per heavy atom. The van der Waals surface area contributed by atoms with Crippen LogP contribution in [0.2, 0.25) is 0 Å². The molecule has 0 amide bonds. The van der Waals surface area contributed by atoms with Gasteiger partial charge in [0, 0.05) is 22.4 Å². The van der Waals surface area contributed by atoms with Gasteiger partial charge in [-0.3, -0.25) is 4.98 Å². The number of piperidine rings is 1. The van der Waals surface area contributed by atoms with Gasteiger partial charge in [-0.05, 0) is 61.7 Å². The molecule has 1 fully saturated rings. The lowest BCUT2D eigenvalue weighted by Gasteiger charge is -2.21. The number of thioether (sulfide) groups is 1. The van der Waals surface area contributed by atoms with Crippen LogP contribution in [0, 0.1) is 6.92 Å². The summed E-state index contributed by atoms with van der Waals surface area (Å²) in [5.74, 6) is 1.01. The zero-order valence-electron chi connectivity index (χ0n) is 12.9. The molecule has 0 unspecified atom stereocenters. The van der Waals surface area contributed by atoms with Crippen molar-refractivity contribution in [3.8, 4) is 0 Å². The number of hydrogen-bond acceptors (Lipinski definition) is 3. The fourth-order valence-corrected chi connectivity index (χ4v) is 4.49. The average Bonchev–Trinajstić information content (AvgIpc) is 2.72. The predicted octanol–water partition coefficient (Wildman–Crippen LogP) is 4.18. The van der Waals surface area contributed by atoms with E-state index in [1.807, 2.05) is 18.0 Å². The van der Waals surface area contributed by atoms with Crippen LogP contribution in [-0.2, 0) is 5.75 Å². The third-order valence-corrected chi connectivity index (χ3v) is 5.58. The fraction of sp³-hybridized carbons (Fsp3) is 0.316. The van der Waals surface area contributed by atoms with Gasteiger partial charge in [-0.2, -0.15) is 0 Å². The molecule has 1 aromatic carbocycles. The van der Waals surface area contributed by atoms with E-state index < -0.39 is 0 Å². The van der Waals surface area contributed by atoms with Crippen LogP contribution in [0.5, 0.6) is 0 Å². The van der Waals surface area contributed by atoms with Gasteiger partial charge in [-0.1, -0.05) is 23.8 Å². The molecule has 2 aliphatic rings. The minimum Gasteiger partial charge on any atom is -0.316 e. The number of rotatable bonds is 0. The van der Waals surface area contributed by atoms with Crippen molar-refractivity contribution in [3.63, 3.8) is 0 Å². The van der Waals surface area contributed by atoms with Gasteiger partial charge in [0.15, 0.2) is 0 Å². The molecular formula is C19H20N2S. The van der Waals surface area contributed by atoms with Crippen LogP contribution in [0.1, 0.15) is 35.2 Å². The Balaban J connectivity index is 1.98. The Kier molecular flexibility index (Phi) is 3.77. The van der Waals surface area contributed by atoms with Crippen LogP contribution in [-0.4, -0.2) is 18.1 Å². The van der Waals surface area contributed by atoms with E-state index in [0.29, 0.717) is 0 Å². The number of aryl methyl sites for hydroxylation is 1. The second kappa shape index (κ2) is 5.90. The number of aromatic nitrogens is 1. The lowest BCUT2D eigenvalue weighted by molar-refractivity contribution is 0.611. The normalized spacial score (nSPS) is 17.7. The molecule has 4 rings (SSSR count). The highest BCUT2D eigenvalue weighted by Crippen LogP contribution is 2.42. The first-order chi connectivity index (χ1) is 10.8. The molecule has 1 N–H and O–H groups in total. The Morgan fingerprint density at radius 3 is 2.86 bits per heavy atom. The molecule has 112 valence electrons. The monoisotopic (exact) mass is 308 g/mol. The van der Waals surface area contributed by atoms with Gasteiger partial charge in [0.1, 0.15) is 0 Å². The van der Waals surface area contributed by atoms with Crippen molar-refractivity contribution < 1.29 is 0 Å². The van der Waals surface area contributed by atoms with Crippen LogP contribution in [0.4, 0.5) is 0 Å². The summed E-state index contributed by atoms with van der Waals surface area (Å²) in [6, 6.07) is 11.1. The second-order valence-corrected chi connectivity index (χ2v) is 7.05. The molecule has 2 aliphatic heterocycles. The topological polar surface area (TPSA) is 24.9 Å². The lowest BCUT2D eigenvalue weighted by Crippen LogP contribution is -2.24. The molecule has 0 radical (unpaired) electrons. The second-order valence-electron chi connectivity index (χ2n) is 6.03. The third kappa shape index (κ3) is 2.49. The van der Waals surface area contributed by atoms with Crippen LogP contribution in [0.15, 0.2) is 47.0 Å². The number of nitrogens with zero attached hydrogens (tertiary/aromatic N) is 1. The van der Waals surface area contributed by atoms with Crippen LogP contribution >= 0.6 is 11.8 Å². The first kappa shape index (κ1) is 14.0. The summed E-state index contributed by atoms with van der Waals surface area (Å²) in [6.07, 6.45) is 4.19. The third-order valence-electron chi connectivity index (χ3n) is 4.48. The molecule has 3 heteroatoms. The zero-order chi connectivity index (χ0) is 14.9. The van der Waals surface area contributed by atoms with Gasteiger partial charge >= 0.3 is 0 Å². The largest absolute Gasteiger partial charge is 0.316 e. The summed E-state index contributed by atoms with van der Waals surface area (Å²) < 4.78 is 0. The van der Waals surface area contributed by atoms with Crippen molar-refractivity contribution in [2.45, 2.75) is 30.4 Å². The highest BCUT2D eigenvalue weighted by atomic mass is 32.2. The average molecular weight is 308 g/mol. The van der Waals surface area contributed by atoms with Crippen molar-refractivity contribution >= 4 is 17.3 Å². The molecule has 2 aromatic rings. The van der Waals surface area contributed by atoms with Crippen molar-refractivity contribution in [1.29, 1.82) is 0 Å². The Hall–Kier alpha value is -1.58. The van der Waals surface area contributed by atoms with Gasteiger partial charge in [-0.25, -0.2) is 0 Å². The Bertz CT molecular complexity index is 741. The van der Waals surface area contributed by atoms with Crippen LogP contribution in [0.3, 0.4) is 0 Å². The lowest BCUT2D eigenvalue weighted by atomic mass is 9.89. The quantitative estimate of drug-likeness (QED) is 0.790. The Morgan fingerprint density at radius 2 is 2.00 bits per heavy atom. The van der Waals surface area contributed by atoms with E-state index in [-0.39, 0.29) is 0 Å². The van der Waals surface area contributed by atoms with Crippen molar-refractivity contribution in [2.24, 2.45) is 0 Å². The van der Waals surface area contributed by atoms with Crippen LogP contribution < -0.4 is 5.32 Å². The van der Waals surface area contributed by atoms with Crippen molar-refractivity contribution in [2.75, 3.05) is 13.1 Å². The summed E-state index contributed by atoms with van der Waals surface area (Å²) in [7, 11) is 0. The molecular weight excluding hydrogens is 288 g/mol. The smallest absolute Gasteiger partial charge is 0.0748 e. The maximum Gasteiger partial charge on any atom is 0.0748 e. The van der Waals surface area contributed by atoms with E-state index in [2.05, 4.69) is 42.6 Å². The Labute approximate surface area is 136 Å². The molecule has 1 aromatic heterocycles. The molecule has 1 saturated heterocycles. The summed E-state index contributed by atoms with van der Waals surface area (Å²) >= 11 is 1.94. The fourth-order valence-electron chi connectivity index (χ4n) is 3.36. The maximum absolute atomic E-state index is 4.77.